The third-order valence-corrected chi connectivity index (χ3v) is 2.72. The van der Waals surface area contributed by atoms with Crippen molar-refractivity contribution >= 4 is 40.2 Å². The summed E-state index contributed by atoms with van der Waals surface area (Å²) in [5.41, 5.74) is 7.32. The molecule has 1 aromatic heterocycles. The van der Waals surface area contributed by atoms with Gasteiger partial charge in [0.25, 0.3) is 0 Å². The van der Waals surface area contributed by atoms with Crippen LogP contribution in [0.2, 0.25) is 5.02 Å². The fourth-order valence-corrected chi connectivity index (χ4v) is 1.78. The van der Waals surface area contributed by atoms with E-state index in [0.29, 0.717) is 17.1 Å². The van der Waals surface area contributed by atoms with Gasteiger partial charge < -0.3 is 11.1 Å². The molecular formula is C12H9ClFN3S. The minimum Gasteiger partial charge on any atom is -0.388 e. The van der Waals surface area contributed by atoms with Crippen molar-refractivity contribution in [2.24, 2.45) is 5.73 Å². The predicted octanol–water partition coefficient (Wildman–Crippen LogP) is 3.25. The van der Waals surface area contributed by atoms with Gasteiger partial charge in [-0.05, 0) is 30.3 Å². The fourth-order valence-electron chi connectivity index (χ4n) is 1.43. The standard InChI is InChI=1S/C12H9ClFN3S/c13-8-6-7(3-4-9(8)14)17-10-2-1-5-16-11(10)12(15)18/h1-6,17H,(H2,15,18). The molecule has 1 heterocycles. The third-order valence-electron chi connectivity index (χ3n) is 2.24. The topological polar surface area (TPSA) is 50.9 Å². The maximum absolute atomic E-state index is 13.0. The highest BCUT2D eigenvalue weighted by molar-refractivity contribution is 7.80. The number of aromatic nitrogens is 1. The Morgan fingerprint density at radius 2 is 2.17 bits per heavy atom. The van der Waals surface area contributed by atoms with Crippen LogP contribution in [-0.2, 0) is 0 Å². The molecule has 92 valence electrons. The molecule has 0 atom stereocenters. The first-order valence-corrected chi connectivity index (χ1v) is 5.83. The molecule has 0 amide bonds. The molecule has 3 nitrogen and oxygen atoms in total. The number of nitrogens with one attached hydrogen (secondary N) is 1. The van der Waals surface area contributed by atoms with Crippen LogP contribution in [0.1, 0.15) is 5.69 Å². The Labute approximate surface area is 114 Å². The summed E-state index contributed by atoms with van der Waals surface area (Å²) >= 11 is 10.6. The molecule has 0 saturated carbocycles. The maximum Gasteiger partial charge on any atom is 0.141 e. The van der Waals surface area contributed by atoms with Crippen LogP contribution in [0.3, 0.4) is 0 Å². The molecule has 0 bridgehead atoms. The summed E-state index contributed by atoms with van der Waals surface area (Å²) in [6.45, 7) is 0. The highest BCUT2D eigenvalue weighted by Gasteiger charge is 2.07. The quantitative estimate of drug-likeness (QED) is 0.848. The second kappa shape index (κ2) is 5.29. The molecule has 0 spiro atoms. The van der Waals surface area contributed by atoms with Crippen LogP contribution in [-0.4, -0.2) is 9.97 Å². The predicted molar refractivity (Wildman–Crippen MR) is 74.8 cm³/mol. The van der Waals surface area contributed by atoms with Gasteiger partial charge in [0.2, 0.25) is 0 Å². The molecule has 0 aliphatic carbocycles. The van der Waals surface area contributed by atoms with E-state index < -0.39 is 5.82 Å². The van der Waals surface area contributed by atoms with Crippen molar-refractivity contribution < 1.29 is 4.39 Å². The summed E-state index contributed by atoms with van der Waals surface area (Å²) in [7, 11) is 0. The van der Waals surface area contributed by atoms with E-state index in [9.17, 15) is 4.39 Å². The van der Waals surface area contributed by atoms with E-state index in [0.717, 1.165) is 0 Å². The van der Waals surface area contributed by atoms with Gasteiger partial charge in [0.15, 0.2) is 0 Å². The summed E-state index contributed by atoms with van der Waals surface area (Å²) in [6.07, 6.45) is 1.59. The van der Waals surface area contributed by atoms with E-state index >= 15 is 0 Å². The lowest BCUT2D eigenvalue weighted by Crippen LogP contribution is -2.13. The van der Waals surface area contributed by atoms with Gasteiger partial charge in [-0.2, -0.15) is 0 Å². The first-order valence-electron chi connectivity index (χ1n) is 5.05. The number of hydrogen-bond acceptors (Lipinski definition) is 3. The summed E-state index contributed by atoms with van der Waals surface area (Å²) in [5.74, 6) is -0.469. The summed E-state index contributed by atoms with van der Waals surface area (Å²) in [5, 5.41) is 3.08. The number of anilines is 2. The second-order valence-corrected chi connectivity index (χ2v) is 4.36. The molecule has 3 N–H and O–H groups in total. The van der Waals surface area contributed by atoms with Gasteiger partial charge in [-0.1, -0.05) is 23.8 Å². The van der Waals surface area contributed by atoms with Crippen molar-refractivity contribution in [3.63, 3.8) is 0 Å². The van der Waals surface area contributed by atoms with Crippen molar-refractivity contribution in [1.29, 1.82) is 0 Å². The Balaban J connectivity index is 2.34. The normalized spacial score (nSPS) is 10.1. The number of hydrogen-bond donors (Lipinski definition) is 2. The number of pyridine rings is 1. The van der Waals surface area contributed by atoms with E-state index in [1.54, 1.807) is 24.4 Å². The van der Waals surface area contributed by atoms with E-state index in [4.69, 9.17) is 29.6 Å². The minimum absolute atomic E-state index is 0.0424. The SMILES string of the molecule is NC(=S)c1ncccc1Nc1ccc(F)c(Cl)c1. The molecular weight excluding hydrogens is 273 g/mol. The first-order chi connectivity index (χ1) is 8.58. The molecule has 0 fully saturated rings. The Morgan fingerprint density at radius 1 is 1.39 bits per heavy atom. The lowest BCUT2D eigenvalue weighted by atomic mass is 10.2. The molecule has 6 heteroatoms. The summed E-state index contributed by atoms with van der Waals surface area (Å²) in [4.78, 5) is 4.26. The van der Waals surface area contributed by atoms with Crippen LogP contribution >= 0.6 is 23.8 Å². The smallest absolute Gasteiger partial charge is 0.141 e. The Kier molecular flexibility index (Phi) is 3.74. The maximum atomic E-state index is 13.0. The zero-order valence-corrected chi connectivity index (χ0v) is 10.7. The third kappa shape index (κ3) is 2.75. The average Bonchev–Trinajstić information content (AvgIpc) is 2.34. The lowest BCUT2D eigenvalue weighted by Gasteiger charge is -2.10. The number of benzene rings is 1. The van der Waals surface area contributed by atoms with Crippen LogP contribution in [0.5, 0.6) is 0 Å². The molecule has 2 aromatic rings. The van der Waals surface area contributed by atoms with Crippen molar-refractivity contribution in [2.45, 2.75) is 0 Å². The molecule has 18 heavy (non-hydrogen) atoms. The first kappa shape index (κ1) is 12.7. The minimum atomic E-state index is -0.469. The van der Waals surface area contributed by atoms with Crippen molar-refractivity contribution in [3.05, 3.63) is 53.1 Å². The molecule has 0 aliphatic heterocycles. The van der Waals surface area contributed by atoms with Gasteiger partial charge >= 0.3 is 0 Å². The highest BCUT2D eigenvalue weighted by Crippen LogP contribution is 2.23. The van der Waals surface area contributed by atoms with Crippen LogP contribution in [0.15, 0.2) is 36.5 Å². The second-order valence-electron chi connectivity index (χ2n) is 3.52. The van der Waals surface area contributed by atoms with Crippen LogP contribution in [0, 0.1) is 5.82 Å². The van der Waals surface area contributed by atoms with Crippen LogP contribution in [0.25, 0.3) is 0 Å². The van der Waals surface area contributed by atoms with Crippen LogP contribution < -0.4 is 11.1 Å². The van der Waals surface area contributed by atoms with E-state index in [1.165, 1.54) is 12.1 Å². The van der Waals surface area contributed by atoms with Gasteiger partial charge in [-0.15, -0.1) is 0 Å². The molecule has 0 saturated heterocycles. The largest absolute Gasteiger partial charge is 0.388 e. The molecule has 0 unspecified atom stereocenters. The number of rotatable bonds is 3. The fraction of sp³-hybridized carbons (Fsp3) is 0. The summed E-state index contributed by atoms with van der Waals surface area (Å²) in [6, 6.07) is 7.85. The monoisotopic (exact) mass is 281 g/mol. The number of thiocarbonyl (C=S) groups is 1. The summed E-state index contributed by atoms with van der Waals surface area (Å²) < 4.78 is 13.0. The Morgan fingerprint density at radius 3 is 2.83 bits per heavy atom. The van der Waals surface area contributed by atoms with E-state index in [-0.39, 0.29) is 10.0 Å². The number of nitrogens with zero attached hydrogens (tertiary/aromatic N) is 1. The molecule has 0 radical (unpaired) electrons. The van der Waals surface area contributed by atoms with Gasteiger partial charge in [0.1, 0.15) is 16.5 Å². The molecule has 0 aliphatic rings. The van der Waals surface area contributed by atoms with Gasteiger partial charge in [0.05, 0.1) is 10.7 Å². The lowest BCUT2D eigenvalue weighted by molar-refractivity contribution is 0.628. The van der Waals surface area contributed by atoms with E-state index in [1.807, 2.05) is 0 Å². The van der Waals surface area contributed by atoms with Crippen molar-refractivity contribution in [2.75, 3.05) is 5.32 Å². The number of halogens is 2. The van der Waals surface area contributed by atoms with Crippen LogP contribution in [0.4, 0.5) is 15.8 Å². The zero-order chi connectivity index (χ0) is 13.1. The van der Waals surface area contributed by atoms with Gasteiger partial charge in [0, 0.05) is 11.9 Å². The van der Waals surface area contributed by atoms with E-state index in [2.05, 4.69) is 10.3 Å². The Hall–Kier alpha value is -1.72. The zero-order valence-electron chi connectivity index (χ0n) is 9.15. The average molecular weight is 282 g/mol. The van der Waals surface area contributed by atoms with Crippen molar-refractivity contribution in [3.8, 4) is 0 Å². The Bertz CT molecular complexity index is 604. The molecule has 2 rings (SSSR count). The van der Waals surface area contributed by atoms with Gasteiger partial charge in [-0.3, -0.25) is 4.98 Å². The highest BCUT2D eigenvalue weighted by atomic mass is 35.5. The number of nitrogens with two attached hydrogens (primary N) is 1. The molecule has 1 aromatic carbocycles. The van der Waals surface area contributed by atoms with Crippen molar-refractivity contribution in [1.82, 2.24) is 4.98 Å². The van der Waals surface area contributed by atoms with Gasteiger partial charge in [-0.25, -0.2) is 4.39 Å².